The number of nitrogens with one attached hydrogen (secondary N) is 1. The second-order valence-corrected chi connectivity index (χ2v) is 2.85. The van der Waals surface area contributed by atoms with Crippen LogP contribution in [0.2, 0.25) is 0 Å². The van der Waals surface area contributed by atoms with Gasteiger partial charge in [0.1, 0.15) is 0 Å². The van der Waals surface area contributed by atoms with Gasteiger partial charge in [0.2, 0.25) is 0 Å². The van der Waals surface area contributed by atoms with Gasteiger partial charge in [-0.2, -0.15) is 0 Å². The van der Waals surface area contributed by atoms with Crippen LogP contribution in [0.3, 0.4) is 0 Å². The first kappa shape index (κ1) is 13.3. The van der Waals surface area contributed by atoms with Crippen LogP contribution in [0.5, 0.6) is 0 Å². The molecule has 1 heterocycles. The summed E-state index contributed by atoms with van der Waals surface area (Å²) in [5.74, 6) is -1.25. The van der Waals surface area contributed by atoms with Crippen LogP contribution >= 0.6 is 11.3 Å². The molecule has 1 N–H and O–H groups in total. The maximum atomic E-state index is 10.3. The fourth-order valence-corrected chi connectivity index (χ4v) is 1.30. The molecule has 0 aromatic carbocycles. The van der Waals surface area contributed by atoms with Crippen molar-refractivity contribution in [2.75, 3.05) is 11.9 Å². The molecular formula is C7H7KN2O2S-. The molecule has 0 aliphatic carbocycles. The van der Waals surface area contributed by atoms with Gasteiger partial charge < -0.3 is 15.2 Å². The number of hydrogen-bond donors (Lipinski definition) is 1. The van der Waals surface area contributed by atoms with Gasteiger partial charge in [-0.1, -0.05) is 6.08 Å². The van der Waals surface area contributed by atoms with E-state index in [1.54, 1.807) is 6.08 Å². The molecule has 4 nitrogen and oxygen atoms in total. The number of carboxylic acid groups (broad SMARTS) is 1. The first-order chi connectivity index (χ1) is 5.74. The summed E-state index contributed by atoms with van der Waals surface area (Å²) in [6.07, 6.45) is 1.67. The van der Waals surface area contributed by atoms with Crippen molar-refractivity contribution in [2.24, 2.45) is 0 Å². The van der Waals surface area contributed by atoms with Gasteiger partial charge in [0, 0.05) is 63.3 Å². The summed E-state index contributed by atoms with van der Waals surface area (Å²) in [6, 6.07) is 0. The number of carbonyl (C=O) groups excluding carboxylic acids is 1. The van der Waals surface area contributed by atoms with Gasteiger partial charge in [-0.05, 0) is 0 Å². The molecule has 0 amide bonds. The van der Waals surface area contributed by atoms with Crippen LogP contribution < -0.4 is 10.4 Å². The molecule has 0 fully saturated rings. The minimum atomic E-state index is -1.25. The Morgan fingerprint density at radius 3 is 3.00 bits per heavy atom. The van der Waals surface area contributed by atoms with Crippen molar-refractivity contribution in [3.63, 3.8) is 0 Å². The smallest absolute Gasteiger partial charge is 0.183 e. The fraction of sp³-hybridized carbons (Fsp3) is 0.143. The third kappa shape index (κ3) is 4.34. The van der Waals surface area contributed by atoms with E-state index in [1.807, 2.05) is 0 Å². The van der Waals surface area contributed by atoms with E-state index in [0.29, 0.717) is 11.7 Å². The topological polar surface area (TPSA) is 65.0 Å². The van der Waals surface area contributed by atoms with E-state index in [-0.39, 0.29) is 57.1 Å². The standard InChI is InChI=1S/C7H8N2O2S.K/c1-2-3-8-7-9-5(4-12-7)6(10)11;/h2,4H,1,3H2,(H,8,9)(H,10,11);/p-1. The second-order valence-electron chi connectivity index (χ2n) is 1.99. The van der Waals surface area contributed by atoms with Crippen LogP contribution in [0.25, 0.3) is 0 Å². The van der Waals surface area contributed by atoms with Crippen LogP contribution in [-0.4, -0.2) is 68.9 Å². The molecule has 1 rings (SSSR count). The average Bonchev–Trinajstić information content (AvgIpc) is 2.48. The van der Waals surface area contributed by atoms with E-state index in [4.69, 9.17) is 0 Å². The monoisotopic (exact) mass is 222 g/mol. The first-order valence-corrected chi connectivity index (χ1v) is 4.13. The SMILES string of the molecule is C=CCNc1nc(C(=O)[O-])cs1.[K]. The van der Waals surface area contributed by atoms with E-state index in [1.165, 1.54) is 16.7 Å². The first-order valence-electron chi connectivity index (χ1n) is 3.25. The second kappa shape index (κ2) is 6.69. The van der Waals surface area contributed by atoms with Gasteiger partial charge in [0.05, 0.1) is 11.7 Å². The van der Waals surface area contributed by atoms with Gasteiger partial charge in [-0.3, -0.25) is 0 Å². The van der Waals surface area contributed by atoms with Crippen LogP contribution in [0.4, 0.5) is 5.13 Å². The van der Waals surface area contributed by atoms with E-state index in [2.05, 4.69) is 16.9 Å². The number of anilines is 1. The molecule has 0 spiro atoms. The molecule has 0 unspecified atom stereocenters. The number of carboxylic acids is 1. The van der Waals surface area contributed by atoms with Crippen LogP contribution in [0.1, 0.15) is 10.5 Å². The summed E-state index contributed by atoms with van der Waals surface area (Å²) in [7, 11) is 0. The Morgan fingerprint density at radius 2 is 2.54 bits per heavy atom. The van der Waals surface area contributed by atoms with Gasteiger partial charge in [0.25, 0.3) is 0 Å². The van der Waals surface area contributed by atoms with E-state index in [0.717, 1.165) is 0 Å². The summed E-state index contributed by atoms with van der Waals surface area (Å²) >= 11 is 1.23. The number of nitrogens with zero attached hydrogens (tertiary/aromatic N) is 1. The van der Waals surface area contributed by atoms with E-state index < -0.39 is 5.97 Å². The molecule has 0 saturated carbocycles. The zero-order chi connectivity index (χ0) is 8.97. The van der Waals surface area contributed by atoms with Crippen LogP contribution in [0.15, 0.2) is 18.0 Å². The van der Waals surface area contributed by atoms with Gasteiger partial charge in [0.15, 0.2) is 5.13 Å². The molecule has 0 aliphatic rings. The van der Waals surface area contributed by atoms with Crippen LogP contribution in [-0.2, 0) is 0 Å². The van der Waals surface area contributed by atoms with Crippen molar-refractivity contribution in [1.82, 2.24) is 4.98 Å². The average molecular weight is 222 g/mol. The van der Waals surface area contributed by atoms with Crippen molar-refractivity contribution in [3.8, 4) is 0 Å². The predicted molar refractivity (Wildman–Crippen MR) is 50.9 cm³/mol. The number of carbonyl (C=O) groups is 1. The van der Waals surface area contributed by atoms with Crippen LogP contribution in [0, 0.1) is 0 Å². The van der Waals surface area contributed by atoms with Crippen molar-refractivity contribution in [2.45, 2.75) is 0 Å². The molecule has 1 aromatic heterocycles. The third-order valence-electron chi connectivity index (χ3n) is 1.11. The molecule has 0 atom stereocenters. The minimum Gasteiger partial charge on any atom is -0.543 e. The molecule has 0 saturated heterocycles. The molecule has 13 heavy (non-hydrogen) atoms. The number of aromatic carboxylic acids is 1. The predicted octanol–water partition coefficient (Wildman–Crippen LogP) is -0.276. The van der Waals surface area contributed by atoms with Gasteiger partial charge >= 0.3 is 0 Å². The summed E-state index contributed by atoms with van der Waals surface area (Å²) in [5, 5.41) is 15.1. The molecular weight excluding hydrogens is 215 g/mol. The van der Waals surface area contributed by atoms with Gasteiger partial charge in [-0.25, -0.2) is 4.98 Å². The number of aromatic nitrogens is 1. The Balaban J connectivity index is 0.00000144. The normalized spacial score (nSPS) is 8.62. The maximum absolute atomic E-state index is 10.3. The molecule has 65 valence electrons. The summed E-state index contributed by atoms with van der Waals surface area (Å²) in [4.78, 5) is 14.0. The van der Waals surface area contributed by atoms with E-state index >= 15 is 0 Å². The largest absolute Gasteiger partial charge is 0.543 e. The van der Waals surface area contributed by atoms with Crippen molar-refractivity contribution in [1.29, 1.82) is 0 Å². The molecule has 1 aromatic rings. The molecule has 0 bridgehead atoms. The Bertz CT molecular complexity index is 300. The summed E-state index contributed by atoms with van der Waals surface area (Å²) in [5.41, 5.74) is -0.0356. The Morgan fingerprint density at radius 1 is 1.85 bits per heavy atom. The number of rotatable bonds is 4. The Kier molecular flexibility index (Phi) is 6.83. The fourth-order valence-electron chi connectivity index (χ4n) is 0.608. The molecule has 6 heteroatoms. The summed E-state index contributed by atoms with van der Waals surface area (Å²) in [6.45, 7) is 4.07. The van der Waals surface area contributed by atoms with Crippen molar-refractivity contribution in [3.05, 3.63) is 23.7 Å². The summed E-state index contributed by atoms with van der Waals surface area (Å²) < 4.78 is 0. The zero-order valence-corrected chi connectivity index (χ0v) is 11.2. The third-order valence-corrected chi connectivity index (χ3v) is 1.91. The maximum Gasteiger partial charge on any atom is 0.183 e. The number of hydrogen-bond acceptors (Lipinski definition) is 5. The molecule has 0 aliphatic heterocycles. The van der Waals surface area contributed by atoms with Crippen molar-refractivity contribution >= 4 is 73.8 Å². The Labute approximate surface area is 122 Å². The van der Waals surface area contributed by atoms with Gasteiger partial charge in [-0.15, -0.1) is 17.9 Å². The zero-order valence-electron chi connectivity index (χ0n) is 7.24. The van der Waals surface area contributed by atoms with Crippen molar-refractivity contribution < 1.29 is 9.90 Å². The quantitative estimate of drug-likeness (QED) is 0.562. The molecule has 1 radical (unpaired) electrons. The minimum absolute atomic E-state index is 0. The number of thiazole rings is 1. The Hall–Kier alpha value is 0.276. The van der Waals surface area contributed by atoms with E-state index in [9.17, 15) is 9.90 Å².